The van der Waals surface area contributed by atoms with Crippen molar-refractivity contribution in [1.29, 1.82) is 0 Å². The highest BCUT2D eigenvalue weighted by Crippen LogP contribution is 2.34. The Kier molecular flexibility index (Phi) is 3.46. The van der Waals surface area contributed by atoms with Gasteiger partial charge >= 0.3 is 6.18 Å². The van der Waals surface area contributed by atoms with Gasteiger partial charge in [0.15, 0.2) is 5.78 Å². The zero-order valence-electron chi connectivity index (χ0n) is 12.3. The number of alkyl halides is 3. The zero-order valence-corrected chi connectivity index (χ0v) is 12.3. The van der Waals surface area contributed by atoms with E-state index in [0.717, 1.165) is 4.57 Å². The standard InChI is InChI=1S/C15H12F3N3O2/c1-8(22)9-3-4-11-10(5-9)12-13(14(23-2)20-7-19-12)21(11)6-15(16,17)18/h3-5,7H,6H2,1-2H3. The van der Waals surface area contributed by atoms with Gasteiger partial charge in [0.25, 0.3) is 0 Å². The van der Waals surface area contributed by atoms with E-state index in [2.05, 4.69) is 9.97 Å². The molecule has 0 N–H and O–H groups in total. The second-order valence-electron chi connectivity index (χ2n) is 5.07. The second kappa shape index (κ2) is 5.22. The van der Waals surface area contributed by atoms with E-state index in [0.29, 0.717) is 22.0 Å². The molecule has 8 heteroatoms. The molecule has 120 valence electrons. The van der Waals surface area contributed by atoms with Gasteiger partial charge in [-0.3, -0.25) is 4.79 Å². The SMILES string of the molecule is COc1ncnc2c3cc(C(C)=O)ccc3n(CC(F)(F)F)c12. The van der Waals surface area contributed by atoms with Crippen LogP contribution in [0.4, 0.5) is 13.2 Å². The maximum atomic E-state index is 13.0. The van der Waals surface area contributed by atoms with Crippen LogP contribution in [-0.4, -0.2) is 33.6 Å². The van der Waals surface area contributed by atoms with E-state index in [4.69, 9.17) is 4.74 Å². The lowest BCUT2D eigenvalue weighted by molar-refractivity contribution is -0.139. The summed E-state index contributed by atoms with van der Waals surface area (Å²) < 4.78 is 45.0. The monoisotopic (exact) mass is 323 g/mol. The molecule has 0 atom stereocenters. The molecule has 0 saturated carbocycles. The minimum Gasteiger partial charge on any atom is -0.479 e. The molecule has 2 aromatic heterocycles. The number of nitrogens with zero attached hydrogens (tertiary/aromatic N) is 3. The van der Waals surface area contributed by atoms with Gasteiger partial charge in [0, 0.05) is 10.9 Å². The third-order valence-electron chi connectivity index (χ3n) is 3.54. The van der Waals surface area contributed by atoms with Crippen molar-refractivity contribution in [3.8, 4) is 5.88 Å². The summed E-state index contributed by atoms with van der Waals surface area (Å²) in [7, 11) is 1.33. The van der Waals surface area contributed by atoms with Gasteiger partial charge in [-0.2, -0.15) is 18.2 Å². The van der Waals surface area contributed by atoms with E-state index in [1.807, 2.05) is 0 Å². The summed E-state index contributed by atoms with van der Waals surface area (Å²) in [5.41, 5.74) is 1.20. The Morgan fingerprint density at radius 3 is 2.65 bits per heavy atom. The van der Waals surface area contributed by atoms with E-state index in [1.54, 1.807) is 6.07 Å². The quantitative estimate of drug-likeness (QED) is 0.694. The second-order valence-corrected chi connectivity index (χ2v) is 5.07. The molecule has 3 aromatic rings. The summed E-state index contributed by atoms with van der Waals surface area (Å²) >= 11 is 0. The number of carbonyl (C=O) groups is 1. The Morgan fingerprint density at radius 2 is 2.04 bits per heavy atom. The average molecular weight is 323 g/mol. The number of rotatable bonds is 3. The van der Waals surface area contributed by atoms with E-state index in [-0.39, 0.29) is 17.2 Å². The number of ether oxygens (including phenoxy) is 1. The summed E-state index contributed by atoms with van der Waals surface area (Å²) in [4.78, 5) is 19.5. The largest absolute Gasteiger partial charge is 0.479 e. The molecule has 2 heterocycles. The van der Waals surface area contributed by atoms with Gasteiger partial charge in [0.1, 0.15) is 23.9 Å². The summed E-state index contributed by atoms with van der Waals surface area (Å²) in [6, 6.07) is 4.52. The van der Waals surface area contributed by atoms with Crippen LogP contribution >= 0.6 is 0 Å². The Bertz CT molecular complexity index is 916. The predicted octanol–water partition coefficient (Wildman–Crippen LogP) is 3.36. The van der Waals surface area contributed by atoms with Gasteiger partial charge in [0.05, 0.1) is 12.6 Å². The van der Waals surface area contributed by atoms with Crippen molar-refractivity contribution in [2.45, 2.75) is 19.6 Å². The average Bonchev–Trinajstić information content (AvgIpc) is 2.79. The van der Waals surface area contributed by atoms with Gasteiger partial charge in [-0.25, -0.2) is 4.98 Å². The molecular formula is C15H12F3N3O2. The molecule has 0 aliphatic carbocycles. The normalized spacial score (nSPS) is 12.0. The summed E-state index contributed by atoms with van der Waals surface area (Å²) in [6.07, 6.45) is -3.20. The maximum Gasteiger partial charge on any atom is 0.406 e. The number of aromatic nitrogens is 3. The minimum atomic E-state index is -4.42. The Morgan fingerprint density at radius 1 is 1.30 bits per heavy atom. The Hall–Kier alpha value is -2.64. The van der Waals surface area contributed by atoms with Crippen molar-refractivity contribution in [2.75, 3.05) is 7.11 Å². The number of benzene rings is 1. The van der Waals surface area contributed by atoms with Gasteiger partial charge < -0.3 is 9.30 Å². The van der Waals surface area contributed by atoms with Crippen LogP contribution < -0.4 is 4.74 Å². The topological polar surface area (TPSA) is 57.0 Å². The lowest BCUT2D eigenvalue weighted by Gasteiger charge is -2.11. The van der Waals surface area contributed by atoms with Gasteiger partial charge in [-0.1, -0.05) is 0 Å². The van der Waals surface area contributed by atoms with Crippen LogP contribution in [-0.2, 0) is 6.54 Å². The highest BCUT2D eigenvalue weighted by atomic mass is 19.4. The highest BCUT2D eigenvalue weighted by molar-refractivity contribution is 6.10. The molecule has 5 nitrogen and oxygen atoms in total. The van der Waals surface area contributed by atoms with Crippen molar-refractivity contribution in [3.63, 3.8) is 0 Å². The first kappa shape index (κ1) is 15.3. The van der Waals surface area contributed by atoms with Crippen molar-refractivity contribution in [2.24, 2.45) is 0 Å². The fourth-order valence-electron chi connectivity index (χ4n) is 2.60. The lowest BCUT2D eigenvalue weighted by Crippen LogP contribution is -2.17. The number of methoxy groups -OCH3 is 1. The molecule has 0 radical (unpaired) electrons. The van der Waals surface area contributed by atoms with Crippen LogP contribution in [0.25, 0.3) is 21.9 Å². The Balaban J connectivity index is 2.43. The van der Waals surface area contributed by atoms with Gasteiger partial charge in [-0.05, 0) is 25.1 Å². The molecule has 0 bridgehead atoms. The van der Waals surface area contributed by atoms with Crippen LogP contribution in [0.2, 0.25) is 0 Å². The fraction of sp³-hybridized carbons (Fsp3) is 0.267. The molecule has 23 heavy (non-hydrogen) atoms. The first-order valence-corrected chi connectivity index (χ1v) is 6.70. The molecule has 0 amide bonds. The van der Waals surface area contributed by atoms with Crippen LogP contribution in [0.15, 0.2) is 24.5 Å². The van der Waals surface area contributed by atoms with Crippen LogP contribution in [0.5, 0.6) is 5.88 Å². The highest BCUT2D eigenvalue weighted by Gasteiger charge is 2.31. The first-order valence-electron chi connectivity index (χ1n) is 6.70. The van der Waals surface area contributed by atoms with Crippen molar-refractivity contribution >= 4 is 27.7 Å². The number of Topliss-reactive ketones (excluding diaryl/α,β-unsaturated/α-hetero) is 1. The van der Waals surface area contributed by atoms with Crippen LogP contribution in [0.1, 0.15) is 17.3 Å². The number of hydrogen-bond donors (Lipinski definition) is 0. The molecule has 3 rings (SSSR count). The van der Waals surface area contributed by atoms with E-state index in [9.17, 15) is 18.0 Å². The van der Waals surface area contributed by atoms with E-state index >= 15 is 0 Å². The third kappa shape index (κ3) is 2.60. The van der Waals surface area contributed by atoms with Crippen molar-refractivity contribution < 1.29 is 22.7 Å². The zero-order chi connectivity index (χ0) is 16.8. The number of ketones is 1. The van der Waals surface area contributed by atoms with Crippen molar-refractivity contribution in [1.82, 2.24) is 14.5 Å². The number of carbonyl (C=O) groups excluding carboxylic acids is 1. The fourth-order valence-corrected chi connectivity index (χ4v) is 2.60. The van der Waals surface area contributed by atoms with Crippen LogP contribution in [0.3, 0.4) is 0 Å². The molecule has 0 unspecified atom stereocenters. The maximum absolute atomic E-state index is 13.0. The molecule has 0 spiro atoms. The molecular weight excluding hydrogens is 311 g/mol. The summed E-state index contributed by atoms with van der Waals surface area (Å²) in [5.74, 6) is -0.121. The molecule has 0 saturated heterocycles. The first-order chi connectivity index (χ1) is 10.8. The number of halogens is 3. The molecule has 0 aliphatic rings. The van der Waals surface area contributed by atoms with Gasteiger partial charge in [0.2, 0.25) is 5.88 Å². The number of hydrogen-bond acceptors (Lipinski definition) is 4. The van der Waals surface area contributed by atoms with E-state index < -0.39 is 12.7 Å². The summed E-state index contributed by atoms with van der Waals surface area (Å²) in [5, 5.41) is 0.456. The lowest BCUT2D eigenvalue weighted by atomic mass is 10.1. The smallest absolute Gasteiger partial charge is 0.406 e. The number of fused-ring (bicyclic) bond motifs is 3. The van der Waals surface area contributed by atoms with Crippen molar-refractivity contribution in [3.05, 3.63) is 30.1 Å². The van der Waals surface area contributed by atoms with Crippen LogP contribution in [0, 0.1) is 0 Å². The molecule has 0 aliphatic heterocycles. The molecule has 1 aromatic carbocycles. The Labute approximate surface area is 128 Å². The minimum absolute atomic E-state index is 0.0554. The van der Waals surface area contributed by atoms with E-state index in [1.165, 1.54) is 32.5 Å². The summed E-state index contributed by atoms with van der Waals surface area (Å²) in [6.45, 7) is 0.196. The third-order valence-corrected chi connectivity index (χ3v) is 3.54. The molecule has 0 fully saturated rings. The van der Waals surface area contributed by atoms with Gasteiger partial charge in [-0.15, -0.1) is 0 Å². The predicted molar refractivity (Wildman–Crippen MR) is 77.6 cm³/mol.